The number of rotatable bonds is 5. The highest BCUT2D eigenvalue weighted by Gasteiger charge is 2.40. The van der Waals surface area contributed by atoms with Gasteiger partial charge >= 0.3 is 6.03 Å². The van der Waals surface area contributed by atoms with Crippen LogP contribution in [0, 0.1) is 5.82 Å². The molecule has 1 aromatic carbocycles. The molecular formula is C18H26FN3O2. The standard InChI is InChI=1S/C18H26FN3O2/c1-22(2)18(6-8-24-9-7-18)12-20-17(23)21-16-11-15(16)13-4-3-5-14(19)10-13/h3-5,10,15-16H,6-9,11-12H2,1-2H3,(H2,20,21,23)/t15-,16+/m0/s1. The zero-order valence-electron chi connectivity index (χ0n) is 14.3. The monoisotopic (exact) mass is 335 g/mol. The Bertz CT molecular complexity index is 587. The van der Waals surface area contributed by atoms with Crippen LogP contribution in [0.25, 0.3) is 0 Å². The minimum Gasteiger partial charge on any atom is -0.381 e. The summed E-state index contributed by atoms with van der Waals surface area (Å²) in [4.78, 5) is 14.4. The summed E-state index contributed by atoms with van der Waals surface area (Å²) in [5, 5.41) is 6.00. The summed E-state index contributed by atoms with van der Waals surface area (Å²) >= 11 is 0. The van der Waals surface area contributed by atoms with Crippen molar-refractivity contribution >= 4 is 6.03 Å². The lowest BCUT2D eigenvalue weighted by molar-refractivity contribution is -0.00572. The molecule has 0 radical (unpaired) electrons. The minimum atomic E-state index is -0.227. The second-order valence-corrected chi connectivity index (χ2v) is 7.06. The zero-order valence-corrected chi connectivity index (χ0v) is 14.3. The maximum atomic E-state index is 13.3. The third-order valence-electron chi connectivity index (χ3n) is 5.33. The van der Waals surface area contributed by atoms with Crippen molar-refractivity contribution in [2.45, 2.75) is 36.8 Å². The Morgan fingerprint density at radius 2 is 2.12 bits per heavy atom. The van der Waals surface area contributed by atoms with Crippen molar-refractivity contribution in [3.63, 3.8) is 0 Å². The summed E-state index contributed by atoms with van der Waals surface area (Å²) in [6.07, 6.45) is 2.69. The summed E-state index contributed by atoms with van der Waals surface area (Å²) in [6.45, 7) is 2.06. The van der Waals surface area contributed by atoms with Crippen LogP contribution >= 0.6 is 0 Å². The van der Waals surface area contributed by atoms with E-state index in [9.17, 15) is 9.18 Å². The highest BCUT2D eigenvalue weighted by Crippen LogP contribution is 2.40. The minimum absolute atomic E-state index is 0.0406. The van der Waals surface area contributed by atoms with Gasteiger partial charge in [0.15, 0.2) is 0 Å². The Balaban J connectivity index is 1.48. The van der Waals surface area contributed by atoms with Gasteiger partial charge in [-0.15, -0.1) is 0 Å². The topological polar surface area (TPSA) is 53.6 Å². The molecule has 1 saturated heterocycles. The predicted octanol–water partition coefficient (Wildman–Crippen LogP) is 2.09. The fourth-order valence-electron chi connectivity index (χ4n) is 3.46. The SMILES string of the molecule is CN(C)C1(CNC(=O)N[C@@H]2C[C@H]2c2cccc(F)c2)CCOCC1. The number of carbonyl (C=O) groups is 1. The van der Waals surface area contributed by atoms with Crippen molar-refractivity contribution in [1.29, 1.82) is 0 Å². The molecule has 1 aliphatic carbocycles. The van der Waals surface area contributed by atoms with Crippen LogP contribution in [0.2, 0.25) is 0 Å². The molecule has 5 nitrogen and oxygen atoms in total. The van der Waals surface area contributed by atoms with E-state index in [4.69, 9.17) is 4.74 Å². The lowest BCUT2D eigenvalue weighted by Crippen LogP contribution is -2.56. The van der Waals surface area contributed by atoms with Crippen molar-refractivity contribution in [2.24, 2.45) is 0 Å². The van der Waals surface area contributed by atoms with Gasteiger partial charge in [-0.05, 0) is 51.1 Å². The second kappa shape index (κ2) is 7.07. The van der Waals surface area contributed by atoms with E-state index in [0.717, 1.165) is 38.0 Å². The summed E-state index contributed by atoms with van der Waals surface area (Å²) in [5.74, 6) is -0.00705. The van der Waals surface area contributed by atoms with Gasteiger partial charge in [-0.25, -0.2) is 9.18 Å². The molecule has 24 heavy (non-hydrogen) atoms. The first-order chi connectivity index (χ1) is 11.5. The molecule has 6 heteroatoms. The molecule has 132 valence electrons. The Morgan fingerprint density at radius 1 is 1.38 bits per heavy atom. The summed E-state index contributed by atoms with van der Waals surface area (Å²) in [6, 6.07) is 6.56. The number of likely N-dealkylation sites (N-methyl/N-ethyl adjacent to an activating group) is 1. The Hall–Kier alpha value is -1.66. The summed E-state index contributed by atoms with van der Waals surface area (Å²) in [7, 11) is 4.09. The van der Waals surface area contributed by atoms with Gasteiger partial charge in [0.2, 0.25) is 0 Å². The van der Waals surface area contributed by atoms with Crippen LogP contribution in [-0.2, 0) is 4.74 Å². The number of nitrogens with zero attached hydrogens (tertiary/aromatic N) is 1. The highest BCUT2D eigenvalue weighted by molar-refractivity contribution is 5.75. The van der Waals surface area contributed by atoms with Gasteiger partial charge in [0.05, 0.1) is 0 Å². The van der Waals surface area contributed by atoms with Gasteiger partial charge < -0.3 is 20.3 Å². The molecule has 2 aliphatic rings. The molecule has 0 spiro atoms. The molecule has 0 aromatic heterocycles. The fourth-order valence-corrected chi connectivity index (χ4v) is 3.46. The van der Waals surface area contributed by atoms with E-state index in [-0.39, 0.29) is 29.3 Å². The van der Waals surface area contributed by atoms with Crippen molar-refractivity contribution in [3.05, 3.63) is 35.6 Å². The molecule has 1 heterocycles. The predicted molar refractivity (Wildman–Crippen MR) is 90.6 cm³/mol. The van der Waals surface area contributed by atoms with Gasteiger partial charge in [0, 0.05) is 37.3 Å². The smallest absolute Gasteiger partial charge is 0.315 e. The number of amides is 2. The fraction of sp³-hybridized carbons (Fsp3) is 0.611. The first kappa shape index (κ1) is 17.2. The molecule has 1 saturated carbocycles. The van der Waals surface area contributed by atoms with E-state index in [1.807, 2.05) is 20.2 Å². The molecule has 2 amide bonds. The number of benzene rings is 1. The van der Waals surface area contributed by atoms with Crippen LogP contribution in [0.4, 0.5) is 9.18 Å². The van der Waals surface area contributed by atoms with E-state index >= 15 is 0 Å². The van der Waals surface area contributed by atoms with Crippen molar-refractivity contribution in [2.75, 3.05) is 33.9 Å². The van der Waals surface area contributed by atoms with E-state index in [0.29, 0.717) is 6.54 Å². The van der Waals surface area contributed by atoms with E-state index in [1.54, 1.807) is 12.1 Å². The summed E-state index contributed by atoms with van der Waals surface area (Å²) in [5.41, 5.74) is 0.913. The molecule has 0 unspecified atom stereocenters. The van der Waals surface area contributed by atoms with Crippen molar-refractivity contribution in [3.8, 4) is 0 Å². The van der Waals surface area contributed by atoms with Crippen molar-refractivity contribution < 1.29 is 13.9 Å². The van der Waals surface area contributed by atoms with Gasteiger partial charge in [0.1, 0.15) is 5.82 Å². The van der Waals surface area contributed by atoms with Gasteiger partial charge in [-0.2, -0.15) is 0 Å². The normalized spacial score (nSPS) is 25.3. The van der Waals surface area contributed by atoms with Gasteiger partial charge in [-0.3, -0.25) is 0 Å². The lowest BCUT2D eigenvalue weighted by Gasteiger charge is -2.42. The number of urea groups is 1. The maximum absolute atomic E-state index is 13.3. The van der Waals surface area contributed by atoms with Crippen LogP contribution in [0.5, 0.6) is 0 Å². The Labute approximate surface area is 142 Å². The Kier molecular flexibility index (Phi) is 5.06. The first-order valence-electron chi connectivity index (χ1n) is 8.55. The number of nitrogens with one attached hydrogen (secondary N) is 2. The molecule has 2 fully saturated rings. The van der Waals surface area contributed by atoms with Crippen LogP contribution in [-0.4, -0.2) is 56.4 Å². The average molecular weight is 335 g/mol. The Morgan fingerprint density at radius 3 is 2.79 bits per heavy atom. The maximum Gasteiger partial charge on any atom is 0.315 e. The molecule has 1 aromatic rings. The number of carbonyl (C=O) groups excluding carboxylic acids is 1. The van der Waals surface area contributed by atoms with Crippen LogP contribution < -0.4 is 10.6 Å². The highest BCUT2D eigenvalue weighted by atomic mass is 19.1. The quantitative estimate of drug-likeness (QED) is 0.866. The molecule has 2 N–H and O–H groups in total. The molecule has 2 atom stereocenters. The molecule has 1 aliphatic heterocycles. The molecule has 0 bridgehead atoms. The lowest BCUT2D eigenvalue weighted by atomic mass is 9.88. The molecular weight excluding hydrogens is 309 g/mol. The number of halogens is 1. The van der Waals surface area contributed by atoms with Gasteiger partial charge in [-0.1, -0.05) is 12.1 Å². The zero-order chi connectivity index (χ0) is 17.2. The van der Waals surface area contributed by atoms with Crippen LogP contribution in [0.3, 0.4) is 0 Å². The average Bonchev–Trinajstić information content (AvgIpc) is 3.33. The number of hydrogen-bond acceptors (Lipinski definition) is 3. The molecule has 3 rings (SSSR count). The third-order valence-corrected chi connectivity index (χ3v) is 5.33. The van der Waals surface area contributed by atoms with Crippen LogP contribution in [0.1, 0.15) is 30.7 Å². The summed E-state index contributed by atoms with van der Waals surface area (Å²) < 4.78 is 18.7. The van der Waals surface area contributed by atoms with Crippen molar-refractivity contribution in [1.82, 2.24) is 15.5 Å². The number of ether oxygens (including phenoxy) is 1. The number of hydrogen-bond donors (Lipinski definition) is 2. The van der Waals surface area contributed by atoms with Gasteiger partial charge in [0.25, 0.3) is 0 Å². The van der Waals surface area contributed by atoms with Crippen LogP contribution in [0.15, 0.2) is 24.3 Å². The van der Waals surface area contributed by atoms with E-state index < -0.39 is 0 Å². The largest absolute Gasteiger partial charge is 0.381 e. The van der Waals surface area contributed by atoms with E-state index in [1.165, 1.54) is 6.07 Å². The first-order valence-corrected chi connectivity index (χ1v) is 8.55. The third kappa shape index (κ3) is 3.87. The van der Waals surface area contributed by atoms with E-state index in [2.05, 4.69) is 15.5 Å². The second-order valence-electron chi connectivity index (χ2n) is 7.06.